The topological polar surface area (TPSA) is 69.9 Å². The van der Waals surface area contributed by atoms with Gasteiger partial charge in [-0.3, -0.25) is 0 Å². The van der Waals surface area contributed by atoms with Crippen LogP contribution < -0.4 is 0 Å². The molecule has 3 N–H and O–H groups in total. The van der Waals surface area contributed by atoms with E-state index < -0.39 is 24.6 Å². The molecule has 12 heavy (non-hydrogen) atoms. The first kappa shape index (κ1) is 10.3. The van der Waals surface area contributed by atoms with E-state index in [4.69, 9.17) is 14.9 Å². The van der Waals surface area contributed by atoms with Crippen molar-refractivity contribution in [2.24, 2.45) is 0 Å². The van der Waals surface area contributed by atoms with Gasteiger partial charge < -0.3 is 20.1 Å². The molecule has 0 unspecified atom stereocenters. The zero-order valence-electron chi connectivity index (χ0n) is 6.88. The van der Waals surface area contributed by atoms with E-state index >= 15 is 0 Å². The fourth-order valence-corrected chi connectivity index (χ4v) is 1.84. The van der Waals surface area contributed by atoms with E-state index in [2.05, 4.69) is 0 Å². The lowest BCUT2D eigenvalue weighted by atomic mass is 10.2. The standard InChI is InChI=1S/C7H14O4S/c1-2-12-3-4-5(8)6(9)7(10)11-4/h4-10H,2-3H2,1H3/t4-,5-,6-,7-/m1/s1. The van der Waals surface area contributed by atoms with E-state index in [-0.39, 0.29) is 0 Å². The lowest BCUT2D eigenvalue weighted by Gasteiger charge is -2.12. The molecule has 5 heteroatoms. The molecule has 4 nitrogen and oxygen atoms in total. The average Bonchev–Trinajstić information content (AvgIpc) is 2.30. The van der Waals surface area contributed by atoms with Crippen LogP contribution in [-0.2, 0) is 4.74 Å². The summed E-state index contributed by atoms with van der Waals surface area (Å²) in [5, 5.41) is 27.4. The van der Waals surface area contributed by atoms with Crippen molar-refractivity contribution in [3.05, 3.63) is 0 Å². The zero-order chi connectivity index (χ0) is 9.14. The van der Waals surface area contributed by atoms with Crippen LogP contribution in [0.15, 0.2) is 0 Å². The number of aliphatic hydroxyl groups is 3. The molecule has 1 aliphatic heterocycles. The Labute approximate surface area is 75.5 Å². The fourth-order valence-electron chi connectivity index (χ4n) is 1.10. The van der Waals surface area contributed by atoms with Gasteiger partial charge in [0.05, 0.1) is 6.10 Å². The van der Waals surface area contributed by atoms with Gasteiger partial charge >= 0.3 is 0 Å². The molecule has 0 aromatic rings. The minimum atomic E-state index is -1.23. The first-order chi connectivity index (χ1) is 5.66. The summed E-state index contributed by atoms with van der Waals surface area (Å²) in [5.74, 6) is 1.53. The zero-order valence-corrected chi connectivity index (χ0v) is 7.70. The molecule has 0 radical (unpaired) electrons. The van der Waals surface area contributed by atoms with Crippen molar-refractivity contribution in [2.45, 2.75) is 31.5 Å². The summed E-state index contributed by atoms with van der Waals surface area (Å²) in [5.41, 5.74) is 0. The Balaban J connectivity index is 2.36. The van der Waals surface area contributed by atoms with Gasteiger partial charge in [-0.2, -0.15) is 11.8 Å². The van der Waals surface area contributed by atoms with E-state index in [0.717, 1.165) is 5.75 Å². The van der Waals surface area contributed by atoms with E-state index in [1.165, 1.54) is 0 Å². The summed E-state index contributed by atoms with van der Waals surface area (Å²) in [6, 6.07) is 0. The van der Waals surface area contributed by atoms with Crippen LogP contribution in [0.1, 0.15) is 6.92 Å². The summed E-state index contributed by atoms with van der Waals surface area (Å²) >= 11 is 1.61. The molecule has 0 aliphatic carbocycles. The maximum atomic E-state index is 9.31. The quantitative estimate of drug-likeness (QED) is 0.547. The summed E-state index contributed by atoms with van der Waals surface area (Å²) in [7, 11) is 0. The van der Waals surface area contributed by atoms with Gasteiger partial charge in [-0.15, -0.1) is 0 Å². The predicted molar refractivity (Wildman–Crippen MR) is 45.9 cm³/mol. The molecule has 0 aromatic carbocycles. The van der Waals surface area contributed by atoms with Crippen molar-refractivity contribution in [1.82, 2.24) is 0 Å². The van der Waals surface area contributed by atoms with Gasteiger partial charge in [-0.05, 0) is 5.75 Å². The highest BCUT2D eigenvalue weighted by Crippen LogP contribution is 2.22. The van der Waals surface area contributed by atoms with Crippen molar-refractivity contribution < 1.29 is 20.1 Å². The smallest absolute Gasteiger partial charge is 0.183 e. The number of aliphatic hydroxyl groups excluding tert-OH is 3. The summed E-state index contributed by atoms with van der Waals surface area (Å²) < 4.78 is 4.92. The first-order valence-corrected chi connectivity index (χ1v) is 5.09. The molecule has 1 saturated heterocycles. The Morgan fingerprint density at radius 3 is 2.33 bits per heavy atom. The largest absolute Gasteiger partial charge is 0.387 e. The predicted octanol–water partition coefficient (Wildman–Crippen LogP) is -0.822. The van der Waals surface area contributed by atoms with E-state index in [1.54, 1.807) is 11.8 Å². The first-order valence-electron chi connectivity index (χ1n) is 3.94. The highest BCUT2D eigenvalue weighted by molar-refractivity contribution is 7.99. The molecule has 0 aromatic heterocycles. The van der Waals surface area contributed by atoms with E-state index in [9.17, 15) is 5.11 Å². The van der Waals surface area contributed by atoms with Crippen molar-refractivity contribution in [3.8, 4) is 0 Å². The third-order valence-electron chi connectivity index (χ3n) is 1.82. The molecule has 72 valence electrons. The maximum absolute atomic E-state index is 9.31. The van der Waals surface area contributed by atoms with Gasteiger partial charge in [0.2, 0.25) is 0 Å². The highest BCUT2D eigenvalue weighted by atomic mass is 32.2. The SMILES string of the molecule is CCSC[C@H]1O[C@@H](O)[C@H](O)[C@@H]1O. The van der Waals surface area contributed by atoms with E-state index in [1.807, 2.05) is 6.92 Å². The van der Waals surface area contributed by atoms with Crippen molar-refractivity contribution >= 4 is 11.8 Å². The van der Waals surface area contributed by atoms with Crippen LogP contribution in [0.3, 0.4) is 0 Å². The van der Waals surface area contributed by atoms with Crippen LogP contribution >= 0.6 is 11.8 Å². The molecule has 4 atom stereocenters. The monoisotopic (exact) mass is 194 g/mol. The van der Waals surface area contributed by atoms with Crippen molar-refractivity contribution in [2.75, 3.05) is 11.5 Å². The number of ether oxygens (including phenoxy) is 1. The number of rotatable bonds is 3. The Morgan fingerprint density at radius 2 is 1.92 bits per heavy atom. The lowest BCUT2D eigenvalue weighted by molar-refractivity contribution is -0.123. The Bertz CT molecular complexity index is 143. The molecular weight excluding hydrogens is 180 g/mol. The second-order valence-electron chi connectivity index (χ2n) is 2.71. The average molecular weight is 194 g/mol. The van der Waals surface area contributed by atoms with Gasteiger partial charge in [-0.25, -0.2) is 0 Å². The Kier molecular flexibility index (Phi) is 3.79. The Morgan fingerprint density at radius 1 is 1.25 bits per heavy atom. The highest BCUT2D eigenvalue weighted by Gasteiger charge is 2.41. The van der Waals surface area contributed by atoms with Crippen molar-refractivity contribution in [3.63, 3.8) is 0 Å². The molecule has 0 amide bonds. The van der Waals surface area contributed by atoms with E-state index in [0.29, 0.717) is 5.75 Å². The second-order valence-corrected chi connectivity index (χ2v) is 4.02. The van der Waals surface area contributed by atoms with Gasteiger partial charge in [0.15, 0.2) is 6.29 Å². The van der Waals surface area contributed by atoms with Crippen LogP contribution in [0, 0.1) is 0 Å². The molecular formula is C7H14O4S. The minimum absolute atomic E-state index is 0.444. The normalized spacial score (nSPS) is 42.0. The Hall–Kier alpha value is 0.190. The van der Waals surface area contributed by atoms with Crippen LogP contribution in [0.5, 0.6) is 0 Å². The van der Waals surface area contributed by atoms with Crippen molar-refractivity contribution in [1.29, 1.82) is 0 Å². The summed E-state index contributed by atoms with van der Waals surface area (Å²) in [6.45, 7) is 2.00. The molecule has 1 aliphatic rings. The van der Waals surface area contributed by atoms with Gasteiger partial charge in [0, 0.05) is 5.75 Å². The van der Waals surface area contributed by atoms with Crippen LogP contribution in [0.25, 0.3) is 0 Å². The third-order valence-corrected chi connectivity index (χ3v) is 2.80. The molecule has 1 heterocycles. The van der Waals surface area contributed by atoms with Crippen LogP contribution in [-0.4, -0.2) is 51.4 Å². The second kappa shape index (κ2) is 4.43. The maximum Gasteiger partial charge on any atom is 0.183 e. The molecule has 0 spiro atoms. The number of hydrogen-bond acceptors (Lipinski definition) is 5. The third kappa shape index (κ3) is 2.11. The summed E-state index contributed by atoms with van der Waals surface area (Å²) in [4.78, 5) is 0. The summed E-state index contributed by atoms with van der Waals surface area (Å²) in [6.07, 6.45) is -3.80. The molecule has 1 rings (SSSR count). The molecule has 1 fully saturated rings. The molecule has 0 saturated carbocycles. The van der Waals surface area contributed by atoms with Gasteiger partial charge in [-0.1, -0.05) is 6.92 Å². The number of hydrogen-bond donors (Lipinski definition) is 3. The minimum Gasteiger partial charge on any atom is -0.387 e. The lowest BCUT2D eigenvalue weighted by Crippen LogP contribution is -2.33. The van der Waals surface area contributed by atoms with Gasteiger partial charge in [0.1, 0.15) is 12.2 Å². The van der Waals surface area contributed by atoms with Crippen LogP contribution in [0.2, 0.25) is 0 Å². The molecule has 0 bridgehead atoms. The fraction of sp³-hybridized carbons (Fsp3) is 1.00. The number of thioether (sulfide) groups is 1. The van der Waals surface area contributed by atoms with Crippen LogP contribution in [0.4, 0.5) is 0 Å². The van der Waals surface area contributed by atoms with Gasteiger partial charge in [0.25, 0.3) is 0 Å².